The third kappa shape index (κ3) is 4.11. The Morgan fingerprint density at radius 2 is 1.54 bits per heavy atom. The van der Waals surface area contributed by atoms with Crippen LogP contribution in [0.25, 0.3) is 0 Å². The van der Waals surface area contributed by atoms with Gasteiger partial charge in [0.05, 0.1) is 0 Å². The van der Waals surface area contributed by atoms with Gasteiger partial charge in [0, 0.05) is 50.3 Å². The fourth-order valence-corrected chi connectivity index (χ4v) is 3.59. The quantitative estimate of drug-likeness (QED) is 0.747. The van der Waals surface area contributed by atoms with Gasteiger partial charge in [0.15, 0.2) is 17.3 Å². The van der Waals surface area contributed by atoms with Gasteiger partial charge in [-0.25, -0.2) is 0 Å². The summed E-state index contributed by atoms with van der Waals surface area (Å²) >= 11 is 0. The molecular formula is C22H24N2O4. The zero-order chi connectivity index (χ0) is 19.3. The molecule has 6 heteroatoms. The first-order valence-corrected chi connectivity index (χ1v) is 9.71. The van der Waals surface area contributed by atoms with E-state index in [-0.39, 0.29) is 24.5 Å². The minimum absolute atomic E-state index is 0.0404. The van der Waals surface area contributed by atoms with Gasteiger partial charge in [-0.15, -0.1) is 0 Å². The molecule has 0 radical (unpaired) electrons. The second-order valence-corrected chi connectivity index (χ2v) is 6.98. The fraction of sp³-hybridized carbons (Fsp3) is 0.364. The Bertz CT molecular complexity index is 845. The Hall–Kier alpha value is -3.02. The average Bonchev–Trinajstić information content (AvgIpc) is 2.77. The summed E-state index contributed by atoms with van der Waals surface area (Å²) in [5.41, 5.74) is 1.74. The van der Waals surface area contributed by atoms with Crippen molar-refractivity contribution in [1.82, 2.24) is 4.90 Å². The molecule has 0 unspecified atom stereocenters. The number of para-hydroxylation sites is 1. The first-order chi connectivity index (χ1) is 13.7. The summed E-state index contributed by atoms with van der Waals surface area (Å²) in [5.74, 6) is 1.25. The molecule has 0 N–H and O–H groups in total. The van der Waals surface area contributed by atoms with Gasteiger partial charge in [0.2, 0.25) is 5.91 Å². The van der Waals surface area contributed by atoms with Gasteiger partial charge in [0.1, 0.15) is 13.2 Å². The van der Waals surface area contributed by atoms with Gasteiger partial charge >= 0.3 is 0 Å². The van der Waals surface area contributed by atoms with Crippen molar-refractivity contribution >= 4 is 17.4 Å². The van der Waals surface area contributed by atoms with Crippen LogP contribution >= 0.6 is 0 Å². The molecule has 2 heterocycles. The summed E-state index contributed by atoms with van der Waals surface area (Å²) in [4.78, 5) is 29.1. The molecule has 6 nitrogen and oxygen atoms in total. The van der Waals surface area contributed by atoms with Crippen molar-refractivity contribution in [3.05, 3.63) is 54.1 Å². The van der Waals surface area contributed by atoms with E-state index in [1.807, 2.05) is 23.1 Å². The maximum absolute atomic E-state index is 12.5. The lowest BCUT2D eigenvalue weighted by Crippen LogP contribution is -2.48. The van der Waals surface area contributed by atoms with Gasteiger partial charge in [-0.1, -0.05) is 18.2 Å². The predicted octanol–water partition coefficient (Wildman–Crippen LogP) is 2.77. The van der Waals surface area contributed by atoms with Crippen molar-refractivity contribution in [2.24, 2.45) is 0 Å². The van der Waals surface area contributed by atoms with E-state index in [1.165, 1.54) is 5.69 Å². The highest BCUT2D eigenvalue weighted by Crippen LogP contribution is 2.31. The lowest BCUT2D eigenvalue weighted by Gasteiger charge is -2.36. The van der Waals surface area contributed by atoms with Gasteiger partial charge in [-0.3, -0.25) is 9.59 Å². The molecule has 2 aromatic rings. The normalized spacial score (nSPS) is 16.0. The monoisotopic (exact) mass is 380 g/mol. The van der Waals surface area contributed by atoms with Crippen LogP contribution in [0.2, 0.25) is 0 Å². The largest absolute Gasteiger partial charge is 0.486 e. The van der Waals surface area contributed by atoms with Crippen LogP contribution in [-0.4, -0.2) is 56.0 Å². The van der Waals surface area contributed by atoms with Gasteiger partial charge in [-0.2, -0.15) is 0 Å². The van der Waals surface area contributed by atoms with Crippen molar-refractivity contribution in [2.45, 2.75) is 12.8 Å². The number of benzene rings is 2. The summed E-state index contributed by atoms with van der Waals surface area (Å²) < 4.78 is 11.0. The van der Waals surface area contributed by atoms with E-state index in [4.69, 9.17) is 9.47 Å². The highest BCUT2D eigenvalue weighted by Gasteiger charge is 2.22. The highest BCUT2D eigenvalue weighted by molar-refractivity contribution is 5.98. The molecule has 0 aromatic heterocycles. The van der Waals surface area contributed by atoms with Crippen molar-refractivity contribution in [3.8, 4) is 11.5 Å². The number of hydrogen-bond donors (Lipinski definition) is 0. The van der Waals surface area contributed by atoms with Crippen LogP contribution in [-0.2, 0) is 4.79 Å². The summed E-state index contributed by atoms with van der Waals surface area (Å²) in [7, 11) is 0. The molecule has 0 saturated carbocycles. The highest BCUT2D eigenvalue weighted by atomic mass is 16.6. The number of ether oxygens (including phenoxy) is 2. The molecule has 2 aliphatic rings. The Morgan fingerprint density at radius 3 is 2.29 bits per heavy atom. The number of carbonyl (C=O) groups is 2. The first kappa shape index (κ1) is 18.3. The van der Waals surface area contributed by atoms with Gasteiger partial charge < -0.3 is 19.3 Å². The molecular weight excluding hydrogens is 356 g/mol. The van der Waals surface area contributed by atoms with Crippen LogP contribution in [0.3, 0.4) is 0 Å². The second-order valence-electron chi connectivity index (χ2n) is 6.98. The van der Waals surface area contributed by atoms with Crippen molar-refractivity contribution in [1.29, 1.82) is 0 Å². The molecule has 4 rings (SSSR count). The summed E-state index contributed by atoms with van der Waals surface area (Å²) in [5, 5.41) is 0. The van der Waals surface area contributed by atoms with Gasteiger partial charge in [0.25, 0.3) is 0 Å². The molecule has 0 atom stereocenters. The molecule has 1 fully saturated rings. The Kier molecular flexibility index (Phi) is 5.46. The van der Waals surface area contributed by atoms with E-state index in [2.05, 4.69) is 17.0 Å². The number of anilines is 1. The molecule has 2 aromatic carbocycles. The molecule has 0 bridgehead atoms. The van der Waals surface area contributed by atoms with E-state index in [1.54, 1.807) is 18.2 Å². The average molecular weight is 380 g/mol. The standard InChI is InChI=1S/C22H24N2O4/c25-19(17-6-8-20-21(16-17)28-15-14-27-20)7-9-22(26)24-12-10-23(11-13-24)18-4-2-1-3-5-18/h1-6,8,16H,7,9-15H2. The number of nitrogens with zero attached hydrogens (tertiary/aromatic N) is 2. The summed E-state index contributed by atoms with van der Waals surface area (Å²) in [6.07, 6.45) is 0.440. The Morgan fingerprint density at radius 1 is 0.821 bits per heavy atom. The molecule has 146 valence electrons. The number of hydrogen-bond acceptors (Lipinski definition) is 5. The lowest BCUT2D eigenvalue weighted by atomic mass is 10.1. The van der Waals surface area contributed by atoms with Crippen LogP contribution in [0.5, 0.6) is 11.5 Å². The number of amides is 1. The fourth-order valence-electron chi connectivity index (χ4n) is 3.59. The van der Waals surface area contributed by atoms with Crippen LogP contribution in [0.4, 0.5) is 5.69 Å². The molecule has 28 heavy (non-hydrogen) atoms. The number of ketones is 1. The summed E-state index contributed by atoms with van der Waals surface area (Å²) in [6, 6.07) is 15.4. The topological polar surface area (TPSA) is 59.1 Å². The van der Waals surface area contributed by atoms with Crippen LogP contribution in [0, 0.1) is 0 Å². The smallest absolute Gasteiger partial charge is 0.223 e. The molecule has 2 aliphatic heterocycles. The van der Waals surface area contributed by atoms with Crippen molar-refractivity contribution in [3.63, 3.8) is 0 Å². The zero-order valence-corrected chi connectivity index (χ0v) is 15.8. The van der Waals surface area contributed by atoms with Crippen LogP contribution < -0.4 is 14.4 Å². The minimum Gasteiger partial charge on any atom is -0.486 e. The predicted molar refractivity (Wildman–Crippen MR) is 106 cm³/mol. The number of carbonyl (C=O) groups excluding carboxylic acids is 2. The molecule has 1 saturated heterocycles. The minimum atomic E-state index is -0.0479. The Labute approximate surface area is 164 Å². The van der Waals surface area contributed by atoms with E-state index < -0.39 is 0 Å². The van der Waals surface area contributed by atoms with E-state index >= 15 is 0 Å². The third-order valence-corrected chi connectivity index (χ3v) is 5.18. The number of fused-ring (bicyclic) bond motifs is 1. The first-order valence-electron chi connectivity index (χ1n) is 9.71. The number of Topliss-reactive ketones (excluding diaryl/α,β-unsaturated/α-hetero) is 1. The molecule has 0 spiro atoms. The second kappa shape index (κ2) is 8.33. The lowest BCUT2D eigenvalue weighted by molar-refractivity contribution is -0.131. The Balaban J connectivity index is 1.27. The maximum atomic E-state index is 12.5. The number of rotatable bonds is 5. The third-order valence-electron chi connectivity index (χ3n) is 5.18. The van der Waals surface area contributed by atoms with Crippen LogP contribution in [0.15, 0.2) is 48.5 Å². The maximum Gasteiger partial charge on any atom is 0.223 e. The molecule has 1 amide bonds. The van der Waals surface area contributed by atoms with E-state index in [0.717, 1.165) is 13.1 Å². The van der Waals surface area contributed by atoms with Gasteiger partial charge in [-0.05, 0) is 30.3 Å². The number of piperazine rings is 1. The van der Waals surface area contributed by atoms with E-state index in [9.17, 15) is 9.59 Å². The zero-order valence-electron chi connectivity index (χ0n) is 15.8. The SMILES string of the molecule is O=C(CCC(=O)N1CCN(c2ccccc2)CC1)c1ccc2c(c1)OCCO2. The summed E-state index contributed by atoms with van der Waals surface area (Å²) in [6.45, 7) is 4.00. The van der Waals surface area contributed by atoms with Crippen LogP contribution in [0.1, 0.15) is 23.2 Å². The molecule has 0 aliphatic carbocycles. The van der Waals surface area contributed by atoms with Crippen molar-refractivity contribution in [2.75, 3.05) is 44.3 Å². The van der Waals surface area contributed by atoms with Crippen molar-refractivity contribution < 1.29 is 19.1 Å². The van der Waals surface area contributed by atoms with E-state index in [0.29, 0.717) is 43.4 Å².